The third-order valence-electron chi connectivity index (χ3n) is 3.48. The first kappa shape index (κ1) is 11.7. The summed E-state index contributed by atoms with van der Waals surface area (Å²) in [4.78, 5) is 6.50. The minimum Gasteiger partial charge on any atom is -0.397 e. The first-order valence-electron chi connectivity index (χ1n) is 6.02. The summed E-state index contributed by atoms with van der Waals surface area (Å²) < 4.78 is 0. The van der Waals surface area contributed by atoms with E-state index in [2.05, 4.69) is 29.8 Å². The van der Waals surface area contributed by atoms with Gasteiger partial charge in [0, 0.05) is 13.1 Å². The first-order valence-corrected chi connectivity index (χ1v) is 6.02. The fraction of sp³-hybridized carbons (Fsp3) is 0.538. The number of pyridine rings is 1. The second kappa shape index (κ2) is 4.62. The molecule has 4 nitrogen and oxygen atoms in total. The van der Waals surface area contributed by atoms with Gasteiger partial charge in [0.25, 0.3) is 0 Å². The molecule has 1 unspecified atom stereocenters. The third-order valence-corrected chi connectivity index (χ3v) is 3.48. The molecule has 1 fully saturated rings. The highest BCUT2D eigenvalue weighted by Gasteiger charge is 2.27. The Kier molecular flexibility index (Phi) is 3.19. The SMILES string of the molecule is CC(C)C1CCN(c2ncc(N)cc2C#N)C1. The standard InChI is InChI=1S/C13H18N4/c1-9(2)10-3-4-17(8-10)13-11(6-14)5-12(15)7-16-13/h5,7,9-10H,3-4,8,15H2,1-2H3. The third kappa shape index (κ3) is 2.33. The summed E-state index contributed by atoms with van der Waals surface area (Å²) in [5.41, 5.74) is 6.77. The van der Waals surface area contributed by atoms with Gasteiger partial charge in [-0.2, -0.15) is 5.26 Å². The Balaban J connectivity index is 2.22. The average Bonchev–Trinajstić information content (AvgIpc) is 2.78. The van der Waals surface area contributed by atoms with E-state index in [9.17, 15) is 0 Å². The molecule has 1 aromatic rings. The highest BCUT2D eigenvalue weighted by molar-refractivity contribution is 5.59. The first-order chi connectivity index (χ1) is 8.11. The molecule has 1 aliphatic heterocycles. The van der Waals surface area contributed by atoms with Crippen LogP contribution in [0.25, 0.3) is 0 Å². The fourth-order valence-electron chi connectivity index (χ4n) is 2.33. The molecule has 0 bridgehead atoms. The smallest absolute Gasteiger partial charge is 0.146 e. The Hall–Kier alpha value is -1.76. The highest BCUT2D eigenvalue weighted by Crippen LogP contribution is 2.29. The Bertz CT molecular complexity index is 447. The van der Waals surface area contributed by atoms with Gasteiger partial charge < -0.3 is 10.6 Å². The molecule has 0 saturated carbocycles. The summed E-state index contributed by atoms with van der Waals surface area (Å²) in [6.45, 7) is 6.46. The van der Waals surface area contributed by atoms with Crippen LogP contribution < -0.4 is 10.6 Å². The zero-order chi connectivity index (χ0) is 12.4. The van der Waals surface area contributed by atoms with Crippen LogP contribution >= 0.6 is 0 Å². The van der Waals surface area contributed by atoms with Crippen molar-refractivity contribution in [1.82, 2.24) is 4.98 Å². The Morgan fingerprint density at radius 3 is 2.94 bits per heavy atom. The van der Waals surface area contributed by atoms with Gasteiger partial charge >= 0.3 is 0 Å². The summed E-state index contributed by atoms with van der Waals surface area (Å²) >= 11 is 0. The van der Waals surface area contributed by atoms with Crippen molar-refractivity contribution in [1.29, 1.82) is 5.26 Å². The van der Waals surface area contributed by atoms with Crippen LogP contribution in [0.5, 0.6) is 0 Å². The molecule has 2 N–H and O–H groups in total. The lowest BCUT2D eigenvalue weighted by atomic mass is 9.95. The molecule has 2 heterocycles. The van der Waals surface area contributed by atoms with Crippen LogP contribution in [0.15, 0.2) is 12.3 Å². The molecule has 0 spiro atoms. The van der Waals surface area contributed by atoms with E-state index in [1.807, 2.05) is 0 Å². The Labute approximate surface area is 102 Å². The molecule has 1 aliphatic rings. The van der Waals surface area contributed by atoms with Gasteiger partial charge in [-0.05, 0) is 24.3 Å². The molecular weight excluding hydrogens is 212 g/mol. The number of aromatic nitrogens is 1. The van der Waals surface area contributed by atoms with E-state index >= 15 is 0 Å². The van der Waals surface area contributed by atoms with Crippen molar-refractivity contribution in [3.05, 3.63) is 17.8 Å². The zero-order valence-corrected chi connectivity index (χ0v) is 10.3. The van der Waals surface area contributed by atoms with Gasteiger partial charge in [-0.15, -0.1) is 0 Å². The maximum atomic E-state index is 9.11. The lowest BCUT2D eigenvalue weighted by molar-refractivity contribution is 0.422. The van der Waals surface area contributed by atoms with Crippen LogP contribution in [-0.2, 0) is 0 Å². The van der Waals surface area contributed by atoms with Gasteiger partial charge in [-0.3, -0.25) is 0 Å². The van der Waals surface area contributed by atoms with Crippen molar-refractivity contribution in [2.24, 2.45) is 11.8 Å². The topological polar surface area (TPSA) is 65.9 Å². The maximum absolute atomic E-state index is 9.11. The second-order valence-electron chi connectivity index (χ2n) is 4.99. The van der Waals surface area contributed by atoms with E-state index < -0.39 is 0 Å². The van der Waals surface area contributed by atoms with Crippen molar-refractivity contribution < 1.29 is 0 Å². The fourth-order valence-corrected chi connectivity index (χ4v) is 2.33. The molecule has 4 heteroatoms. The molecule has 1 atom stereocenters. The summed E-state index contributed by atoms with van der Waals surface area (Å²) in [6, 6.07) is 3.87. The lowest BCUT2D eigenvalue weighted by Gasteiger charge is -2.20. The predicted octanol–water partition coefficient (Wildman–Crippen LogP) is 2.02. The van der Waals surface area contributed by atoms with Crippen molar-refractivity contribution >= 4 is 11.5 Å². The summed E-state index contributed by atoms with van der Waals surface area (Å²) in [7, 11) is 0. The van der Waals surface area contributed by atoms with Gasteiger partial charge in [0.05, 0.1) is 17.4 Å². The molecule has 0 radical (unpaired) electrons. The summed E-state index contributed by atoms with van der Waals surface area (Å²) in [5, 5.41) is 9.11. The second-order valence-corrected chi connectivity index (χ2v) is 4.99. The van der Waals surface area contributed by atoms with Crippen LogP contribution in [0.2, 0.25) is 0 Å². The molecule has 90 valence electrons. The largest absolute Gasteiger partial charge is 0.397 e. The van der Waals surface area contributed by atoms with Gasteiger partial charge in [-0.25, -0.2) is 4.98 Å². The van der Waals surface area contributed by atoms with Crippen molar-refractivity contribution in [3.8, 4) is 6.07 Å². The Morgan fingerprint density at radius 1 is 1.59 bits per heavy atom. The molecular formula is C13H18N4. The molecule has 17 heavy (non-hydrogen) atoms. The lowest BCUT2D eigenvalue weighted by Crippen LogP contribution is -2.23. The quantitative estimate of drug-likeness (QED) is 0.844. The number of nitrogens with zero attached hydrogens (tertiary/aromatic N) is 3. The molecule has 2 rings (SSSR count). The van der Waals surface area contributed by atoms with E-state index in [-0.39, 0.29) is 0 Å². The van der Waals surface area contributed by atoms with Crippen LogP contribution in [0.3, 0.4) is 0 Å². The number of hydrogen-bond donors (Lipinski definition) is 1. The van der Waals surface area contributed by atoms with Gasteiger partial charge in [0.1, 0.15) is 11.9 Å². The number of nitrogen functional groups attached to an aromatic ring is 1. The van der Waals surface area contributed by atoms with Crippen LogP contribution in [0, 0.1) is 23.2 Å². The van der Waals surface area contributed by atoms with Crippen LogP contribution in [0.4, 0.5) is 11.5 Å². The van der Waals surface area contributed by atoms with E-state index in [0.717, 1.165) is 18.9 Å². The molecule has 1 saturated heterocycles. The van der Waals surface area contributed by atoms with E-state index in [4.69, 9.17) is 11.0 Å². The van der Waals surface area contributed by atoms with Crippen molar-refractivity contribution in [2.45, 2.75) is 20.3 Å². The number of hydrogen-bond acceptors (Lipinski definition) is 4. The molecule has 1 aromatic heterocycles. The minimum absolute atomic E-state index is 0.546. The molecule has 0 amide bonds. The van der Waals surface area contributed by atoms with Crippen molar-refractivity contribution in [2.75, 3.05) is 23.7 Å². The molecule has 0 aliphatic carbocycles. The summed E-state index contributed by atoms with van der Waals surface area (Å²) in [5.74, 6) is 2.16. The summed E-state index contributed by atoms with van der Waals surface area (Å²) in [6.07, 6.45) is 2.80. The normalized spacial score (nSPS) is 19.6. The number of anilines is 2. The van der Waals surface area contributed by atoms with E-state index in [1.54, 1.807) is 12.3 Å². The van der Waals surface area contributed by atoms with E-state index in [1.165, 1.54) is 6.42 Å². The average molecular weight is 230 g/mol. The number of nitriles is 1. The van der Waals surface area contributed by atoms with Crippen LogP contribution in [-0.4, -0.2) is 18.1 Å². The monoisotopic (exact) mass is 230 g/mol. The van der Waals surface area contributed by atoms with Crippen LogP contribution in [0.1, 0.15) is 25.8 Å². The maximum Gasteiger partial charge on any atom is 0.146 e. The van der Waals surface area contributed by atoms with Gasteiger partial charge in [0.2, 0.25) is 0 Å². The zero-order valence-electron chi connectivity index (χ0n) is 10.3. The minimum atomic E-state index is 0.546. The van der Waals surface area contributed by atoms with Gasteiger partial charge in [0.15, 0.2) is 0 Å². The number of rotatable bonds is 2. The van der Waals surface area contributed by atoms with E-state index in [0.29, 0.717) is 23.1 Å². The van der Waals surface area contributed by atoms with Gasteiger partial charge in [-0.1, -0.05) is 13.8 Å². The van der Waals surface area contributed by atoms with Crippen molar-refractivity contribution in [3.63, 3.8) is 0 Å². The Morgan fingerprint density at radius 2 is 2.35 bits per heavy atom. The number of nitrogens with two attached hydrogens (primary N) is 1. The molecule has 0 aromatic carbocycles. The highest BCUT2D eigenvalue weighted by atomic mass is 15.2. The predicted molar refractivity (Wildman–Crippen MR) is 68.5 cm³/mol.